The predicted octanol–water partition coefficient (Wildman–Crippen LogP) is 3.87. The fraction of sp³-hybridized carbons (Fsp3) is 0.625. The highest BCUT2D eigenvalue weighted by Crippen LogP contribution is 2.23. The summed E-state index contributed by atoms with van der Waals surface area (Å²) in [7, 11) is 0. The van der Waals surface area contributed by atoms with Crippen molar-refractivity contribution in [2.24, 2.45) is 5.41 Å². The normalized spacial score (nSPS) is 19.8. The van der Waals surface area contributed by atoms with Crippen molar-refractivity contribution in [1.82, 2.24) is 0 Å². The summed E-state index contributed by atoms with van der Waals surface area (Å²) in [5, 5.41) is 3.50. The van der Waals surface area contributed by atoms with Gasteiger partial charge in [0, 0.05) is 18.8 Å². The second kappa shape index (κ2) is 5.75. The first kappa shape index (κ1) is 13.4. The average Bonchev–Trinajstić information content (AvgIpc) is 2.51. The van der Waals surface area contributed by atoms with Crippen LogP contribution >= 0.6 is 0 Å². The molecule has 1 unspecified atom stereocenters. The van der Waals surface area contributed by atoms with Gasteiger partial charge in [-0.15, -0.1) is 0 Å². The van der Waals surface area contributed by atoms with Gasteiger partial charge in [0.05, 0.1) is 6.10 Å². The molecule has 0 fully saturated rings. The minimum absolute atomic E-state index is 0.347. The molecule has 1 aromatic carbocycles. The molecule has 1 aliphatic rings. The number of hydrogen-bond donors (Lipinski definition) is 1. The summed E-state index contributed by atoms with van der Waals surface area (Å²) in [5.41, 5.74) is 3.06. The Hall–Kier alpha value is -1.02. The zero-order valence-electron chi connectivity index (χ0n) is 11.8. The van der Waals surface area contributed by atoms with Crippen LogP contribution in [0.1, 0.15) is 39.2 Å². The number of hydrogen-bond acceptors (Lipinski definition) is 2. The molecule has 1 aromatic rings. The minimum atomic E-state index is 0.347. The molecule has 1 heterocycles. The van der Waals surface area contributed by atoms with Crippen molar-refractivity contribution >= 4 is 5.69 Å². The highest BCUT2D eigenvalue weighted by molar-refractivity contribution is 5.51. The second-order valence-electron chi connectivity index (χ2n) is 6.38. The van der Waals surface area contributed by atoms with Gasteiger partial charge < -0.3 is 10.1 Å². The number of fused-ring (bicyclic) bond motifs is 1. The molecule has 1 aliphatic heterocycles. The van der Waals surface area contributed by atoms with Crippen LogP contribution in [0.2, 0.25) is 0 Å². The Labute approximate surface area is 111 Å². The predicted molar refractivity (Wildman–Crippen MR) is 77.1 cm³/mol. The average molecular weight is 247 g/mol. The first-order valence-electron chi connectivity index (χ1n) is 6.98. The van der Waals surface area contributed by atoms with E-state index in [1.54, 1.807) is 0 Å². The Morgan fingerprint density at radius 2 is 2.06 bits per heavy atom. The molecule has 2 nitrogen and oxygen atoms in total. The number of anilines is 1. The molecule has 18 heavy (non-hydrogen) atoms. The van der Waals surface area contributed by atoms with Gasteiger partial charge in [-0.05, 0) is 36.3 Å². The highest BCUT2D eigenvalue weighted by atomic mass is 16.5. The van der Waals surface area contributed by atoms with E-state index in [4.69, 9.17) is 4.74 Å². The fourth-order valence-corrected chi connectivity index (χ4v) is 2.23. The van der Waals surface area contributed by atoms with Gasteiger partial charge in [0.2, 0.25) is 0 Å². The second-order valence-corrected chi connectivity index (χ2v) is 6.38. The minimum Gasteiger partial charge on any atom is -0.382 e. The molecule has 100 valence electrons. The van der Waals surface area contributed by atoms with E-state index in [0.29, 0.717) is 11.5 Å². The summed E-state index contributed by atoms with van der Waals surface area (Å²) in [5.74, 6) is 0. The van der Waals surface area contributed by atoms with Gasteiger partial charge in [-0.25, -0.2) is 0 Å². The van der Waals surface area contributed by atoms with Crippen molar-refractivity contribution in [3.63, 3.8) is 0 Å². The van der Waals surface area contributed by atoms with Crippen LogP contribution < -0.4 is 5.32 Å². The Balaban J connectivity index is 1.81. The van der Waals surface area contributed by atoms with Gasteiger partial charge in [0.15, 0.2) is 0 Å². The molecule has 1 N–H and O–H groups in total. The van der Waals surface area contributed by atoms with Gasteiger partial charge in [-0.1, -0.05) is 39.0 Å². The highest BCUT2D eigenvalue weighted by Gasteiger charge is 2.17. The quantitative estimate of drug-likeness (QED) is 0.875. The molecule has 0 aromatic heterocycles. The first-order chi connectivity index (χ1) is 8.54. The SMILES string of the molecule is CC(C)(C)CCOC1CCc2ccccc2NC1. The standard InChI is InChI=1S/C16H25NO/c1-16(2,3)10-11-18-14-9-8-13-6-4-5-7-15(13)17-12-14/h4-7,14,17H,8-12H2,1-3H3. The third kappa shape index (κ3) is 4.02. The van der Waals surface area contributed by atoms with Gasteiger partial charge in [-0.2, -0.15) is 0 Å². The van der Waals surface area contributed by atoms with Crippen LogP contribution in [-0.4, -0.2) is 19.3 Å². The summed E-state index contributed by atoms with van der Waals surface area (Å²) in [6.07, 6.45) is 3.70. The summed E-state index contributed by atoms with van der Waals surface area (Å²) >= 11 is 0. The van der Waals surface area contributed by atoms with Crippen molar-refractivity contribution < 1.29 is 4.74 Å². The van der Waals surface area contributed by atoms with Crippen LogP contribution in [0.25, 0.3) is 0 Å². The van der Waals surface area contributed by atoms with Crippen molar-refractivity contribution in [2.45, 2.75) is 46.1 Å². The van der Waals surface area contributed by atoms with Crippen LogP contribution in [0.4, 0.5) is 5.69 Å². The lowest BCUT2D eigenvalue weighted by molar-refractivity contribution is 0.0416. The summed E-state index contributed by atoms with van der Waals surface area (Å²) < 4.78 is 6.01. The van der Waals surface area contributed by atoms with Crippen molar-refractivity contribution in [3.8, 4) is 0 Å². The van der Waals surface area contributed by atoms with Gasteiger partial charge >= 0.3 is 0 Å². The summed E-state index contributed by atoms with van der Waals surface area (Å²) in [6, 6.07) is 8.57. The number of aryl methyl sites for hydroxylation is 1. The van der Waals surface area contributed by atoms with Crippen LogP contribution in [0.15, 0.2) is 24.3 Å². The van der Waals surface area contributed by atoms with Crippen molar-refractivity contribution in [3.05, 3.63) is 29.8 Å². The third-order valence-electron chi connectivity index (χ3n) is 3.48. The number of benzene rings is 1. The molecule has 0 bridgehead atoms. The molecule has 0 radical (unpaired) electrons. The molecule has 2 heteroatoms. The smallest absolute Gasteiger partial charge is 0.0750 e. The van der Waals surface area contributed by atoms with Gasteiger partial charge in [0.1, 0.15) is 0 Å². The molecule has 1 atom stereocenters. The lowest BCUT2D eigenvalue weighted by atomic mass is 9.93. The zero-order valence-corrected chi connectivity index (χ0v) is 11.8. The van der Waals surface area contributed by atoms with Crippen molar-refractivity contribution in [1.29, 1.82) is 0 Å². The maximum atomic E-state index is 6.01. The van der Waals surface area contributed by atoms with E-state index in [9.17, 15) is 0 Å². The van der Waals surface area contributed by atoms with Crippen LogP contribution in [0.3, 0.4) is 0 Å². The molecule has 0 amide bonds. The van der Waals surface area contributed by atoms with E-state index in [1.165, 1.54) is 11.3 Å². The molecule has 0 aliphatic carbocycles. The lowest BCUT2D eigenvalue weighted by Gasteiger charge is -2.21. The van der Waals surface area contributed by atoms with E-state index in [2.05, 4.69) is 50.4 Å². The van der Waals surface area contributed by atoms with Crippen molar-refractivity contribution in [2.75, 3.05) is 18.5 Å². The number of para-hydroxylation sites is 1. The van der Waals surface area contributed by atoms with Gasteiger partial charge in [0.25, 0.3) is 0 Å². The molecule has 2 rings (SSSR count). The zero-order chi connectivity index (χ0) is 13.0. The monoisotopic (exact) mass is 247 g/mol. The number of nitrogens with one attached hydrogen (secondary N) is 1. The first-order valence-corrected chi connectivity index (χ1v) is 6.98. The van der Waals surface area contributed by atoms with Crippen LogP contribution in [0, 0.1) is 5.41 Å². The molecule has 0 spiro atoms. The summed E-state index contributed by atoms with van der Waals surface area (Å²) in [6.45, 7) is 8.58. The number of rotatable bonds is 3. The Kier molecular flexibility index (Phi) is 4.28. The molecule has 0 saturated heterocycles. The maximum absolute atomic E-state index is 6.01. The Morgan fingerprint density at radius 3 is 2.83 bits per heavy atom. The van der Waals surface area contributed by atoms with E-state index in [1.807, 2.05) is 0 Å². The summed E-state index contributed by atoms with van der Waals surface area (Å²) in [4.78, 5) is 0. The fourth-order valence-electron chi connectivity index (χ4n) is 2.23. The number of ether oxygens (including phenoxy) is 1. The van der Waals surface area contributed by atoms with Crippen LogP contribution in [-0.2, 0) is 11.2 Å². The Morgan fingerprint density at radius 1 is 1.28 bits per heavy atom. The third-order valence-corrected chi connectivity index (χ3v) is 3.48. The molecule has 0 saturated carbocycles. The lowest BCUT2D eigenvalue weighted by Crippen LogP contribution is -2.23. The molecular weight excluding hydrogens is 222 g/mol. The maximum Gasteiger partial charge on any atom is 0.0750 e. The van der Waals surface area contributed by atoms with E-state index >= 15 is 0 Å². The van der Waals surface area contributed by atoms with Crippen LogP contribution in [0.5, 0.6) is 0 Å². The molecular formula is C16H25NO. The topological polar surface area (TPSA) is 21.3 Å². The Bertz CT molecular complexity index is 354. The largest absolute Gasteiger partial charge is 0.382 e. The van der Waals surface area contributed by atoms with E-state index in [-0.39, 0.29) is 0 Å². The van der Waals surface area contributed by atoms with E-state index in [0.717, 1.165) is 32.4 Å². The van der Waals surface area contributed by atoms with E-state index < -0.39 is 0 Å². The van der Waals surface area contributed by atoms with Gasteiger partial charge in [-0.3, -0.25) is 0 Å².